The number of hydrogen-bond acceptors (Lipinski definition) is 10. The Bertz CT molecular complexity index is 1580. The fraction of sp³-hybridized carbons (Fsp3) is 0.200. The van der Waals surface area contributed by atoms with E-state index >= 15 is 0 Å². The standard InChI is InChI=1S/C35H30O10/c1-40-35-30(45-34(39)26-20-12-5-13-21-26)29(44-33(38)25-18-10-4-11-19-25)28(43-32(37)24-16-8-3-9-17-24)27(42-35)22-41-31(36)23-14-6-2-7-15-23/h2-21,27-30,35H,22H2,1H3/t27?,28-,29-,30?,35+/m0/s1. The molecule has 10 heteroatoms. The van der Waals surface area contributed by atoms with Crippen LogP contribution in [0, 0.1) is 0 Å². The number of ether oxygens (including phenoxy) is 6. The second-order valence-corrected chi connectivity index (χ2v) is 9.95. The van der Waals surface area contributed by atoms with Gasteiger partial charge in [0.05, 0.1) is 22.3 Å². The molecule has 0 spiro atoms. The minimum absolute atomic E-state index is 0.200. The van der Waals surface area contributed by atoms with Gasteiger partial charge >= 0.3 is 23.9 Å². The molecule has 0 N–H and O–H groups in total. The van der Waals surface area contributed by atoms with Crippen molar-refractivity contribution in [1.82, 2.24) is 0 Å². The van der Waals surface area contributed by atoms with E-state index in [0.717, 1.165) is 0 Å². The van der Waals surface area contributed by atoms with Crippen LogP contribution < -0.4 is 0 Å². The van der Waals surface area contributed by atoms with Crippen molar-refractivity contribution in [3.05, 3.63) is 144 Å². The predicted octanol–water partition coefficient (Wildman–Crippen LogP) is 4.89. The summed E-state index contributed by atoms with van der Waals surface area (Å²) >= 11 is 0. The van der Waals surface area contributed by atoms with Gasteiger partial charge in [-0.25, -0.2) is 19.2 Å². The second-order valence-electron chi connectivity index (χ2n) is 9.95. The van der Waals surface area contributed by atoms with E-state index in [-0.39, 0.29) is 22.3 Å². The minimum Gasteiger partial charge on any atom is -0.459 e. The van der Waals surface area contributed by atoms with Gasteiger partial charge in [-0.2, -0.15) is 0 Å². The van der Waals surface area contributed by atoms with Crippen LogP contribution in [-0.4, -0.2) is 68.3 Å². The largest absolute Gasteiger partial charge is 0.459 e. The summed E-state index contributed by atoms with van der Waals surface area (Å²) in [6.45, 7) is -0.418. The molecule has 230 valence electrons. The van der Waals surface area contributed by atoms with Crippen LogP contribution in [0.15, 0.2) is 121 Å². The van der Waals surface area contributed by atoms with E-state index in [1.807, 2.05) is 0 Å². The zero-order valence-corrected chi connectivity index (χ0v) is 24.2. The molecule has 1 aliphatic heterocycles. The maximum atomic E-state index is 13.4. The molecular weight excluding hydrogens is 580 g/mol. The summed E-state index contributed by atoms with van der Waals surface area (Å²) in [6.07, 6.45) is -6.76. The van der Waals surface area contributed by atoms with Crippen LogP contribution in [0.1, 0.15) is 41.4 Å². The third kappa shape index (κ3) is 7.80. The van der Waals surface area contributed by atoms with E-state index in [2.05, 4.69) is 0 Å². The molecule has 0 amide bonds. The third-order valence-corrected chi connectivity index (χ3v) is 6.97. The summed E-state index contributed by atoms with van der Waals surface area (Å²) in [6, 6.07) is 32.7. The van der Waals surface area contributed by atoms with Crippen molar-refractivity contribution in [2.45, 2.75) is 30.7 Å². The van der Waals surface area contributed by atoms with Crippen molar-refractivity contribution in [3.8, 4) is 0 Å². The number of rotatable bonds is 10. The van der Waals surface area contributed by atoms with Crippen molar-refractivity contribution in [2.75, 3.05) is 13.7 Å². The van der Waals surface area contributed by atoms with Crippen molar-refractivity contribution < 1.29 is 47.6 Å². The van der Waals surface area contributed by atoms with E-state index in [1.165, 1.54) is 7.11 Å². The molecule has 1 fully saturated rings. The smallest absolute Gasteiger partial charge is 0.338 e. The zero-order valence-electron chi connectivity index (χ0n) is 24.2. The summed E-state index contributed by atoms with van der Waals surface area (Å²) in [4.78, 5) is 52.8. The molecule has 1 saturated heterocycles. The van der Waals surface area contributed by atoms with Crippen LogP contribution in [0.4, 0.5) is 0 Å². The molecule has 4 aromatic rings. The Morgan fingerprint density at radius 3 is 1.27 bits per heavy atom. The number of esters is 4. The average molecular weight is 611 g/mol. The van der Waals surface area contributed by atoms with E-state index in [9.17, 15) is 19.2 Å². The predicted molar refractivity (Wildman–Crippen MR) is 159 cm³/mol. The lowest BCUT2D eigenvalue weighted by molar-refractivity contribution is -0.291. The highest BCUT2D eigenvalue weighted by Crippen LogP contribution is 2.31. The first-order chi connectivity index (χ1) is 21.9. The van der Waals surface area contributed by atoms with E-state index in [4.69, 9.17) is 28.4 Å². The highest BCUT2D eigenvalue weighted by Gasteiger charge is 2.53. The molecule has 1 heterocycles. The summed E-state index contributed by atoms with van der Waals surface area (Å²) in [5.74, 6) is -2.96. The maximum Gasteiger partial charge on any atom is 0.338 e. The first kappa shape index (κ1) is 31.1. The quantitative estimate of drug-likeness (QED) is 0.181. The van der Waals surface area contributed by atoms with Gasteiger partial charge in [-0.1, -0.05) is 72.8 Å². The monoisotopic (exact) mass is 610 g/mol. The summed E-state index contributed by atoms with van der Waals surface area (Å²) in [5, 5.41) is 0. The van der Waals surface area contributed by atoms with Gasteiger partial charge < -0.3 is 28.4 Å². The first-order valence-corrected chi connectivity index (χ1v) is 14.1. The van der Waals surface area contributed by atoms with Crippen molar-refractivity contribution in [3.63, 3.8) is 0 Å². The molecule has 2 unspecified atom stereocenters. The van der Waals surface area contributed by atoms with Crippen molar-refractivity contribution in [1.29, 1.82) is 0 Å². The van der Waals surface area contributed by atoms with Crippen LogP contribution in [0.2, 0.25) is 0 Å². The zero-order chi connectivity index (χ0) is 31.6. The fourth-order valence-electron chi connectivity index (χ4n) is 4.72. The van der Waals surface area contributed by atoms with Gasteiger partial charge in [0.25, 0.3) is 0 Å². The van der Waals surface area contributed by atoms with Crippen molar-refractivity contribution >= 4 is 23.9 Å². The Morgan fingerprint density at radius 2 is 0.867 bits per heavy atom. The first-order valence-electron chi connectivity index (χ1n) is 14.1. The van der Waals surface area contributed by atoms with E-state index in [0.29, 0.717) is 0 Å². The van der Waals surface area contributed by atoms with Gasteiger partial charge in [0, 0.05) is 7.11 Å². The van der Waals surface area contributed by atoms with Gasteiger partial charge in [-0.05, 0) is 48.5 Å². The highest BCUT2D eigenvalue weighted by atomic mass is 16.7. The van der Waals surface area contributed by atoms with Gasteiger partial charge in [-0.3, -0.25) is 0 Å². The molecule has 0 radical (unpaired) electrons. The number of hydrogen-bond donors (Lipinski definition) is 0. The molecule has 45 heavy (non-hydrogen) atoms. The second kappa shape index (κ2) is 14.9. The van der Waals surface area contributed by atoms with Gasteiger partial charge in [0.15, 0.2) is 24.6 Å². The Hall–Kier alpha value is -5.32. The lowest BCUT2D eigenvalue weighted by Gasteiger charge is -2.44. The average Bonchev–Trinajstić information content (AvgIpc) is 3.10. The molecule has 0 aliphatic carbocycles. The Kier molecular flexibility index (Phi) is 10.3. The minimum atomic E-state index is -1.45. The number of benzene rings is 4. The maximum absolute atomic E-state index is 13.4. The number of carbonyl (C=O) groups excluding carboxylic acids is 4. The molecule has 5 atom stereocenters. The van der Waals surface area contributed by atoms with Crippen LogP contribution in [0.3, 0.4) is 0 Å². The van der Waals surface area contributed by atoms with Gasteiger partial charge in [-0.15, -0.1) is 0 Å². The topological polar surface area (TPSA) is 124 Å². The molecule has 1 aliphatic rings. The summed E-state index contributed by atoms with van der Waals surface area (Å²) in [5.41, 5.74) is 0.914. The highest BCUT2D eigenvalue weighted by molar-refractivity contribution is 5.91. The number of carbonyl (C=O) groups is 4. The van der Waals surface area contributed by atoms with Crippen LogP contribution in [0.25, 0.3) is 0 Å². The molecule has 10 nitrogen and oxygen atoms in total. The molecule has 0 saturated carbocycles. The van der Waals surface area contributed by atoms with Crippen molar-refractivity contribution in [2.24, 2.45) is 0 Å². The normalized spacial score (nSPS) is 20.8. The van der Waals surface area contributed by atoms with Crippen LogP contribution >= 0.6 is 0 Å². The lowest BCUT2D eigenvalue weighted by Crippen LogP contribution is -2.63. The Labute approximate surface area is 259 Å². The summed E-state index contributed by atoms with van der Waals surface area (Å²) < 4.78 is 34.9. The molecular formula is C35H30O10. The third-order valence-electron chi connectivity index (χ3n) is 6.97. The Balaban J connectivity index is 1.50. The number of methoxy groups -OCH3 is 1. The SMILES string of the molecule is CO[C@@H]1OC(COC(=O)c2ccccc2)[C@H](OC(=O)c2ccccc2)[C@H](OC(=O)c2ccccc2)C1OC(=O)c1ccccc1. The molecule has 4 aromatic carbocycles. The van der Waals surface area contributed by atoms with E-state index in [1.54, 1.807) is 121 Å². The lowest BCUT2D eigenvalue weighted by atomic mass is 9.97. The summed E-state index contributed by atoms with van der Waals surface area (Å²) in [7, 11) is 1.31. The van der Waals surface area contributed by atoms with E-state index < -0.39 is 61.2 Å². The Morgan fingerprint density at radius 1 is 0.511 bits per heavy atom. The molecule has 5 rings (SSSR count). The van der Waals surface area contributed by atoms with Crippen LogP contribution in [0.5, 0.6) is 0 Å². The van der Waals surface area contributed by atoms with Crippen LogP contribution in [-0.2, 0) is 28.4 Å². The van der Waals surface area contributed by atoms with Gasteiger partial charge in [0.2, 0.25) is 0 Å². The fourth-order valence-corrected chi connectivity index (χ4v) is 4.72. The van der Waals surface area contributed by atoms with Gasteiger partial charge in [0.1, 0.15) is 12.7 Å². The molecule has 0 aromatic heterocycles. The molecule has 0 bridgehead atoms.